The largest absolute Gasteiger partial charge is 0.508 e. The maximum absolute atomic E-state index is 12.0. The third-order valence-corrected chi connectivity index (χ3v) is 3.58. The molecule has 1 atom stereocenters. The molecule has 7 heteroatoms. The number of hydrogen-bond donors (Lipinski definition) is 3. The molecular formula is C19H22N2O5. The number of phenols is 1. The number of ether oxygens (including phenoxy) is 2. The van der Waals surface area contributed by atoms with Gasteiger partial charge in [-0.05, 0) is 55.5 Å². The van der Waals surface area contributed by atoms with Crippen LogP contribution in [0.4, 0.5) is 0 Å². The molecule has 0 saturated carbocycles. The Morgan fingerprint density at radius 2 is 1.54 bits per heavy atom. The minimum absolute atomic E-state index is 0.127. The molecule has 3 N–H and O–H groups in total. The minimum atomic E-state index is -0.697. The predicted octanol–water partition coefficient (Wildman–Crippen LogP) is 1.71. The van der Waals surface area contributed by atoms with Crippen LogP contribution in [0.1, 0.15) is 17.3 Å². The third kappa shape index (κ3) is 5.70. The van der Waals surface area contributed by atoms with Crippen molar-refractivity contribution in [3.05, 3.63) is 54.1 Å². The molecule has 0 aliphatic rings. The van der Waals surface area contributed by atoms with Gasteiger partial charge in [-0.2, -0.15) is 0 Å². The zero-order chi connectivity index (χ0) is 18.9. The summed E-state index contributed by atoms with van der Waals surface area (Å²) in [6.07, 6.45) is -0.697. The summed E-state index contributed by atoms with van der Waals surface area (Å²) >= 11 is 0. The van der Waals surface area contributed by atoms with Crippen LogP contribution >= 0.6 is 0 Å². The van der Waals surface area contributed by atoms with Crippen molar-refractivity contribution < 1.29 is 24.2 Å². The zero-order valence-electron chi connectivity index (χ0n) is 14.7. The van der Waals surface area contributed by atoms with Gasteiger partial charge in [-0.1, -0.05) is 0 Å². The van der Waals surface area contributed by atoms with Gasteiger partial charge in [0, 0.05) is 18.7 Å². The summed E-state index contributed by atoms with van der Waals surface area (Å²) in [6, 6.07) is 12.9. The SMILES string of the molecule is COc1ccc(C(=O)NCCNC(=O)C(C)Oc2ccc(O)cc2)cc1. The Morgan fingerprint density at radius 3 is 2.15 bits per heavy atom. The van der Waals surface area contributed by atoms with Crippen molar-refractivity contribution in [3.8, 4) is 17.2 Å². The number of carbonyl (C=O) groups is 2. The van der Waals surface area contributed by atoms with Gasteiger partial charge in [0.1, 0.15) is 17.2 Å². The first-order valence-corrected chi connectivity index (χ1v) is 8.15. The van der Waals surface area contributed by atoms with Crippen molar-refractivity contribution >= 4 is 11.8 Å². The number of aromatic hydroxyl groups is 1. The van der Waals surface area contributed by atoms with Gasteiger partial charge in [0.2, 0.25) is 0 Å². The van der Waals surface area contributed by atoms with E-state index in [1.807, 2.05) is 0 Å². The van der Waals surface area contributed by atoms with Crippen molar-refractivity contribution in [2.75, 3.05) is 20.2 Å². The normalized spacial score (nSPS) is 11.3. The van der Waals surface area contributed by atoms with E-state index in [-0.39, 0.29) is 24.1 Å². The van der Waals surface area contributed by atoms with Crippen LogP contribution in [0.2, 0.25) is 0 Å². The van der Waals surface area contributed by atoms with E-state index in [1.54, 1.807) is 50.4 Å². The fourth-order valence-electron chi connectivity index (χ4n) is 2.13. The molecule has 0 spiro atoms. The molecule has 2 rings (SSSR count). The van der Waals surface area contributed by atoms with Gasteiger partial charge in [0.05, 0.1) is 7.11 Å². The zero-order valence-corrected chi connectivity index (χ0v) is 14.7. The highest BCUT2D eigenvalue weighted by Gasteiger charge is 2.14. The average Bonchev–Trinajstić information content (AvgIpc) is 2.66. The van der Waals surface area contributed by atoms with Gasteiger partial charge >= 0.3 is 0 Å². The summed E-state index contributed by atoms with van der Waals surface area (Å²) in [5.41, 5.74) is 0.515. The van der Waals surface area contributed by atoms with E-state index < -0.39 is 6.10 Å². The van der Waals surface area contributed by atoms with Crippen LogP contribution in [0, 0.1) is 0 Å². The second-order valence-corrected chi connectivity index (χ2v) is 5.53. The van der Waals surface area contributed by atoms with Crippen LogP contribution in [0.5, 0.6) is 17.2 Å². The van der Waals surface area contributed by atoms with Crippen molar-refractivity contribution in [2.45, 2.75) is 13.0 Å². The molecule has 0 saturated heterocycles. The van der Waals surface area contributed by atoms with Gasteiger partial charge in [-0.3, -0.25) is 9.59 Å². The molecule has 2 aromatic carbocycles. The van der Waals surface area contributed by atoms with E-state index in [4.69, 9.17) is 9.47 Å². The van der Waals surface area contributed by atoms with E-state index in [0.717, 1.165) is 0 Å². The summed E-state index contributed by atoms with van der Waals surface area (Å²) in [4.78, 5) is 24.0. The minimum Gasteiger partial charge on any atom is -0.508 e. The Bertz CT molecular complexity index is 729. The molecule has 2 amide bonds. The quantitative estimate of drug-likeness (QED) is 0.624. The van der Waals surface area contributed by atoms with Crippen LogP contribution in [0.25, 0.3) is 0 Å². The number of methoxy groups -OCH3 is 1. The summed E-state index contributed by atoms with van der Waals surface area (Å²) in [5.74, 6) is 0.767. The number of rotatable bonds is 8. The molecular weight excluding hydrogens is 336 g/mol. The first kappa shape index (κ1) is 19.1. The first-order valence-electron chi connectivity index (χ1n) is 8.15. The van der Waals surface area contributed by atoms with Gasteiger partial charge in [-0.25, -0.2) is 0 Å². The average molecular weight is 358 g/mol. The molecule has 0 bridgehead atoms. The van der Waals surface area contributed by atoms with Crippen molar-refractivity contribution in [1.82, 2.24) is 10.6 Å². The molecule has 138 valence electrons. The molecule has 2 aromatic rings. The monoisotopic (exact) mass is 358 g/mol. The Kier molecular flexibility index (Phi) is 6.84. The highest BCUT2D eigenvalue weighted by Crippen LogP contribution is 2.17. The maximum atomic E-state index is 12.0. The highest BCUT2D eigenvalue weighted by molar-refractivity contribution is 5.94. The molecule has 26 heavy (non-hydrogen) atoms. The lowest BCUT2D eigenvalue weighted by molar-refractivity contribution is -0.127. The maximum Gasteiger partial charge on any atom is 0.260 e. The van der Waals surface area contributed by atoms with Gasteiger partial charge in [-0.15, -0.1) is 0 Å². The Morgan fingerprint density at radius 1 is 0.962 bits per heavy atom. The van der Waals surface area contributed by atoms with Gasteiger partial charge in [0.15, 0.2) is 6.10 Å². The van der Waals surface area contributed by atoms with E-state index in [0.29, 0.717) is 23.6 Å². The third-order valence-electron chi connectivity index (χ3n) is 3.58. The van der Waals surface area contributed by atoms with E-state index >= 15 is 0 Å². The number of benzene rings is 2. The van der Waals surface area contributed by atoms with Crippen LogP contribution in [-0.2, 0) is 4.79 Å². The number of hydrogen-bond acceptors (Lipinski definition) is 5. The molecule has 0 heterocycles. The van der Waals surface area contributed by atoms with Crippen molar-refractivity contribution in [1.29, 1.82) is 0 Å². The fraction of sp³-hybridized carbons (Fsp3) is 0.263. The summed E-state index contributed by atoms with van der Waals surface area (Å²) in [6.45, 7) is 2.20. The molecule has 0 fully saturated rings. The molecule has 1 unspecified atom stereocenters. The summed E-state index contributed by atoms with van der Waals surface area (Å²) < 4.78 is 10.5. The van der Waals surface area contributed by atoms with E-state index in [1.165, 1.54) is 12.1 Å². The molecule has 7 nitrogen and oxygen atoms in total. The van der Waals surface area contributed by atoms with E-state index in [2.05, 4.69) is 10.6 Å². The van der Waals surface area contributed by atoms with Crippen LogP contribution < -0.4 is 20.1 Å². The van der Waals surface area contributed by atoms with Gasteiger partial charge < -0.3 is 25.2 Å². The topological polar surface area (TPSA) is 96.9 Å². The second kappa shape index (κ2) is 9.31. The molecule has 0 aromatic heterocycles. The molecule has 0 aliphatic heterocycles. The van der Waals surface area contributed by atoms with Crippen LogP contribution in [0.15, 0.2) is 48.5 Å². The van der Waals surface area contributed by atoms with E-state index in [9.17, 15) is 14.7 Å². The number of carbonyl (C=O) groups excluding carboxylic acids is 2. The van der Waals surface area contributed by atoms with Crippen LogP contribution in [-0.4, -0.2) is 43.2 Å². The predicted molar refractivity (Wildman–Crippen MR) is 96.5 cm³/mol. The standard InChI is InChI=1S/C19H22N2O5/c1-13(26-17-9-5-15(22)6-10-17)18(23)20-11-12-21-19(24)14-3-7-16(25-2)8-4-14/h3-10,13,22H,11-12H2,1-2H3,(H,20,23)(H,21,24). The lowest BCUT2D eigenvalue weighted by Crippen LogP contribution is -2.40. The number of phenolic OH excluding ortho intramolecular Hbond substituents is 1. The Labute approximate surface area is 151 Å². The Hall–Kier alpha value is -3.22. The summed E-state index contributed by atoms with van der Waals surface area (Å²) in [7, 11) is 1.56. The highest BCUT2D eigenvalue weighted by atomic mass is 16.5. The fourth-order valence-corrected chi connectivity index (χ4v) is 2.13. The summed E-state index contributed by atoms with van der Waals surface area (Å²) in [5, 5.41) is 14.6. The van der Waals surface area contributed by atoms with Crippen molar-refractivity contribution in [2.24, 2.45) is 0 Å². The van der Waals surface area contributed by atoms with Crippen molar-refractivity contribution in [3.63, 3.8) is 0 Å². The van der Waals surface area contributed by atoms with Crippen LogP contribution in [0.3, 0.4) is 0 Å². The Balaban J connectivity index is 1.70. The smallest absolute Gasteiger partial charge is 0.260 e. The molecule has 0 radical (unpaired) electrons. The lowest BCUT2D eigenvalue weighted by atomic mass is 10.2. The lowest BCUT2D eigenvalue weighted by Gasteiger charge is -2.15. The van der Waals surface area contributed by atoms with Gasteiger partial charge in [0.25, 0.3) is 11.8 Å². The number of nitrogens with one attached hydrogen (secondary N) is 2. The first-order chi connectivity index (χ1) is 12.5. The second-order valence-electron chi connectivity index (χ2n) is 5.53. The molecule has 0 aliphatic carbocycles. The number of amides is 2.